The first-order chi connectivity index (χ1) is 17.8. The average molecular weight is 501 g/mol. The topological polar surface area (TPSA) is 53.3 Å². The summed E-state index contributed by atoms with van der Waals surface area (Å²) in [5, 5.41) is 9.09. The third kappa shape index (κ3) is 3.97. The molecule has 2 aliphatic heterocycles. The van der Waals surface area contributed by atoms with Gasteiger partial charge in [-0.3, -0.25) is 4.90 Å². The van der Waals surface area contributed by atoms with Gasteiger partial charge in [-0.2, -0.15) is 18.4 Å². The van der Waals surface area contributed by atoms with Crippen molar-refractivity contribution in [3.05, 3.63) is 101 Å². The number of hydrogen-bond acceptors (Lipinski definition) is 3. The van der Waals surface area contributed by atoms with Gasteiger partial charge in [-0.25, -0.2) is 4.79 Å². The molecular weight excluding hydrogens is 477 g/mol. The maximum absolute atomic E-state index is 13.5. The van der Waals surface area contributed by atoms with Crippen LogP contribution in [-0.4, -0.2) is 29.7 Å². The van der Waals surface area contributed by atoms with Gasteiger partial charge >= 0.3 is 12.3 Å². The Kier molecular flexibility index (Phi) is 5.56. The molecule has 3 aromatic carbocycles. The summed E-state index contributed by atoms with van der Waals surface area (Å²) in [6, 6.07) is 21.4. The number of nitrogens with zero attached hydrogens (tertiary/aromatic N) is 2. The summed E-state index contributed by atoms with van der Waals surface area (Å²) >= 11 is 0. The van der Waals surface area contributed by atoms with Crippen LogP contribution < -0.4 is 0 Å². The van der Waals surface area contributed by atoms with Crippen LogP contribution in [0.25, 0.3) is 16.7 Å². The molecule has 0 saturated carbocycles. The fraction of sp³-hybridized carbons (Fsp3) is 0.267. The highest BCUT2D eigenvalue weighted by Gasteiger charge is 2.42. The Bertz CT molecular complexity index is 1420. The van der Waals surface area contributed by atoms with E-state index in [-0.39, 0.29) is 30.7 Å². The molecule has 0 radical (unpaired) electrons. The van der Waals surface area contributed by atoms with Crippen molar-refractivity contribution in [2.75, 3.05) is 6.61 Å². The SMILES string of the molecule is N#Cc1ccc(C2=CC3CCC(C2)N3C(=O)OCC2c3ccccc3-c3ccccc32)cc1C(F)(F)F. The molecule has 7 heteroatoms. The largest absolute Gasteiger partial charge is 0.448 e. The van der Waals surface area contributed by atoms with Crippen molar-refractivity contribution >= 4 is 11.7 Å². The van der Waals surface area contributed by atoms with Crippen LogP contribution in [0.3, 0.4) is 0 Å². The molecule has 4 nitrogen and oxygen atoms in total. The first-order valence-corrected chi connectivity index (χ1v) is 12.3. The highest BCUT2D eigenvalue weighted by molar-refractivity contribution is 5.79. The van der Waals surface area contributed by atoms with E-state index in [9.17, 15) is 18.0 Å². The lowest BCUT2D eigenvalue weighted by Crippen LogP contribution is -2.43. The number of carbonyl (C=O) groups excluding carboxylic acids is 1. The van der Waals surface area contributed by atoms with Crippen molar-refractivity contribution in [2.24, 2.45) is 0 Å². The van der Waals surface area contributed by atoms with Crippen LogP contribution >= 0.6 is 0 Å². The molecule has 2 unspecified atom stereocenters. The lowest BCUT2D eigenvalue weighted by molar-refractivity contribution is -0.137. The number of halogens is 3. The molecule has 3 aromatic rings. The first-order valence-electron chi connectivity index (χ1n) is 12.3. The van der Waals surface area contributed by atoms with Crippen molar-refractivity contribution in [3.63, 3.8) is 0 Å². The Hall–Kier alpha value is -4.05. The Morgan fingerprint density at radius 3 is 2.30 bits per heavy atom. The number of carbonyl (C=O) groups is 1. The predicted molar refractivity (Wildman–Crippen MR) is 132 cm³/mol. The third-order valence-electron chi connectivity index (χ3n) is 7.76. The quantitative estimate of drug-likeness (QED) is 0.384. The average Bonchev–Trinajstić information content (AvgIpc) is 3.36. The number of nitriles is 1. The van der Waals surface area contributed by atoms with E-state index in [0.717, 1.165) is 46.7 Å². The molecular formula is C30H23F3N2O2. The van der Waals surface area contributed by atoms with E-state index in [1.54, 1.807) is 17.0 Å². The van der Waals surface area contributed by atoms with Crippen molar-refractivity contribution in [3.8, 4) is 17.2 Å². The molecule has 37 heavy (non-hydrogen) atoms. The number of hydrogen-bond donors (Lipinski definition) is 0. The van der Waals surface area contributed by atoms with Gasteiger partial charge in [0.2, 0.25) is 0 Å². The van der Waals surface area contributed by atoms with Crippen molar-refractivity contribution in [2.45, 2.75) is 43.4 Å². The molecule has 1 aliphatic carbocycles. The summed E-state index contributed by atoms with van der Waals surface area (Å²) in [4.78, 5) is 15.0. The van der Waals surface area contributed by atoms with E-state index in [1.807, 2.05) is 30.3 Å². The molecule has 2 heterocycles. The van der Waals surface area contributed by atoms with Gasteiger partial charge in [0.05, 0.1) is 23.2 Å². The van der Waals surface area contributed by atoms with E-state index in [2.05, 4.69) is 24.3 Å². The Balaban J connectivity index is 1.21. The molecule has 1 fully saturated rings. The zero-order chi connectivity index (χ0) is 25.7. The van der Waals surface area contributed by atoms with Gasteiger partial charge < -0.3 is 4.74 Å². The number of alkyl halides is 3. The van der Waals surface area contributed by atoms with Gasteiger partial charge in [-0.05, 0) is 64.8 Å². The Morgan fingerprint density at radius 2 is 1.68 bits per heavy atom. The summed E-state index contributed by atoms with van der Waals surface area (Å²) in [7, 11) is 0. The van der Waals surface area contributed by atoms with E-state index in [0.29, 0.717) is 12.0 Å². The molecule has 0 spiro atoms. The molecule has 1 saturated heterocycles. The van der Waals surface area contributed by atoms with Gasteiger partial charge in [-0.15, -0.1) is 0 Å². The van der Waals surface area contributed by atoms with Crippen LogP contribution in [0.15, 0.2) is 72.8 Å². The van der Waals surface area contributed by atoms with Crippen molar-refractivity contribution in [1.29, 1.82) is 5.26 Å². The summed E-state index contributed by atoms with van der Waals surface area (Å²) in [5.41, 5.74) is 4.48. The van der Waals surface area contributed by atoms with Gasteiger partial charge in [0.1, 0.15) is 6.61 Å². The number of amides is 1. The highest BCUT2D eigenvalue weighted by Crippen LogP contribution is 2.45. The van der Waals surface area contributed by atoms with Crippen LogP contribution in [-0.2, 0) is 10.9 Å². The fourth-order valence-corrected chi connectivity index (χ4v) is 6.07. The number of rotatable bonds is 3. The summed E-state index contributed by atoms with van der Waals surface area (Å²) in [5.74, 6) is -0.0377. The van der Waals surface area contributed by atoms with Crippen molar-refractivity contribution < 1.29 is 22.7 Å². The maximum atomic E-state index is 13.5. The third-order valence-corrected chi connectivity index (χ3v) is 7.76. The van der Waals surface area contributed by atoms with Crippen LogP contribution in [0.5, 0.6) is 0 Å². The predicted octanol–water partition coefficient (Wildman–Crippen LogP) is 7.15. The minimum atomic E-state index is -4.61. The van der Waals surface area contributed by atoms with Crippen LogP contribution in [0.2, 0.25) is 0 Å². The second-order valence-electron chi connectivity index (χ2n) is 9.78. The lowest BCUT2D eigenvalue weighted by Gasteiger charge is -2.33. The molecule has 2 bridgehead atoms. The monoisotopic (exact) mass is 500 g/mol. The minimum absolute atomic E-state index is 0.0377. The Labute approximate surface area is 212 Å². The molecule has 186 valence electrons. The Morgan fingerprint density at radius 1 is 1.00 bits per heavy atom. The zero-order valence-electron chi connectivity index (χ0n) is 19.8. The van der Waals surface area contributed by atoms with E-state index >= 15 is 0 Å². The van der Waals surface area contributed by atoms with Gasteiger partial charge in [0, 0.05) is 12.0 Å². The summed E-state index contributed by atoms with van der Waals surface area (Å²) < 4.78 is 46.3. The van der Waals surface area contributed by atoms with Crippen molar-refractivity contribution in [1.82, 2.24) is 4.90 Å². The molecule has 3 aliphatic rings. The lowest BCUT2D eigenvalue weighted by atomic mass is 9.92. The van der Waals surface area contributed by atoms with E-state index in [1.165, 1.54) is 6.07 Å². The first kappa shape index (κ1) is 23.4. The second-order valence-corrected chi connectivity index (χ2v) is 9.78. The normalized spacial score (nSPS) is 20.2. The van der Waals surface area contributed by atoms with Gasteiger partial charge in [-0.1, -0.05) is 60.7 Å². The van der Waals surface area contributed by atoms with Crippen LogP contribution in [0, 0.1) is 11.3 Å². The summed E-state index contributed by atoms with van der Waals surface area (Å²) in [6.07, 6.45) is -1.17. The number of ether oxygens (including phenoxy) is 1. The van der Waals surface area contributed by atoms with E-state index in [4.69, 9.17) is 10.00 Å². The number of benzene rings is 3. The van der Waals surface area contributed by atoms with Gasteiger partial charge in [0.15, 0.2) is 0 Å². The fourth-order valence-electron chi connectivity index (χ4n) is 6.07. The number of fused-ring (bicyclic) bond motifs is 5. The maximum Gasteiger partial charge on any atom is 0.417 e. The second kappa shape index (κ2) is 8.81. The van der Waals surface area contributed by atoms with E-state index < -0.39 is 17.3 Å². The molecule has 0 aromatic heterocycles. The smallest absolute Gasteiger partial charge is 0.417 e. The highest BCUT2D eigenvalue weighted by atomic mass is 19.4. The minimum Gasteiger partial charge on any atom is -0.448 e. The molecule has 1 amide bonds. The molecule has 0 N–H and O–H groups in total. The van der Waals surface area contributed by atoms with Crippen LogP contribution in [0.4, 0.5) is 18.0 Å². The zero-order valence-corrected chi connectivity index (χ0v) is 19.8. The standard InChI is InChI=1S/C30H23F3N2O2/c31-30(32,33)28-15-18(9-10-19(28)16-34)20-13-21-11-12-22(14-20)35(21)29(36)37-17-27-25-7-3-1-5-23(25)24-6-2-4-8-26(24)27/h1-10,13,15,21-22,27H,11-12,14,17H2. The summed E-state index contributed by atoms with van der Waals surface area (Å²) in [6.45, 7) is 0.226. The molecule has 2 atom stereocenters. The van der Waals surface area contributed by atoms with Gasteiger partial charge in [0.25, 0.3) is 0 Å². The molecule has 6 rings (SSSR count). The van der Waals surface area contributed by atoms with Crippen LogP contribution in [0.1, 0.15) is 53.0 Å².